The molecule has 0 bridgehead atoms. The number of pyridine rings is 1. The zero-order valence-electron chi connectivity index (χ0n) is 6.32. The van der Waals surface area contributed by atoms with Gasteiger partial charge in [0.05, 0.1) is 4.92 Å². The molecule has 0 N–H and O–H groups in total. The maximum absolute atomic E-state index is 10.4. The maximum Gasteiger partial charge on any atom is 0.305 e. The molecular weight excluding hydrogens is 178 g/mol. The van der Waals surface area contributed by atoms with Gasteiger partial charge in [0, 0.05) is 12.3 Å². The third-order valence-corrected chi connectivity index (χ3v) is 1.66. The minimum Gasteiger partial charge on any atom is -0.258 e. The van der Waals surface area contributed by atoms with E-state index in [1.54, 1.807) is 14.1 Å². The number of rotatable bonds is 2. The largest absolute Gasteiger partial charge is 0.305 e. The smallest absolute Gasteiger partial charge is 0.258 e. The van der Waals surface area contributed by atoms with Crippen LogP contribution in [0.4, 0.5) is 5.69 Å². The number of nitrogens with zero attached hydrogens (tertiary/aromatic N) is 2. The highest BCUT2D eigenvalue weighted by Gasteiger charge is 2.13. The third-order valence-electron chi connectivity index (χ3n) is 1.37. The number of halogens is 1. The Balaban J connectivity index is 3.17. The number of hydrogen-bond acceptors (Lipinski definition) is 3. The standard InChI is InChI=1S/C6H5BClN2O2/c1-7-4-2-5(10(11)12)6(8)9-3-4/h2-3H,1H3. The van der Waals surface area contributed by atoms with Crippen molar-refractivity contribution in [3.63, 3.8) is 0 Å². The topological polar surface area (TPSA) is 56.0 Å². The van der Waals surface area contributed by atoms with Gasteiger partial charge in [0.1, 0.15) is 0 Å². The van der Waals surface area contributed by atoms with Crippen LogP contribution >= 0.6 is 11.6 Å². The second-order valence-electron chi connectivity index (χ2n) is 2.12. The fraction of sp³-hybridized carbons (Fsp3) is 0.167. The van der Waals surface area contributed by atoms with Crippen molar-refractivity contribution in [2.24, 2.45) is 0 Å². The predicted octanol–water partition coefficient (Wildman–Crippen LogP) is 1.02. The first-order chi connectivity index (χ1) is 5.65. The summed E-state index contributed by atoms with van der Waals surface area (Å²) in [7, 11) is 1.72. The molecule has 0 aliphatic heterocycles. The molecule has 1 rings (SSSR count). The van der Waals surface area contributed by atoms with Gasteiger partial charge in [-0.15, -0.1) is 0 Å². The van der Waals surface area contributed by atoms with Crippen molar-refractivity contribution in [1.29, 1.82) is 0 Å². The van der Waals surface area contributed by atoms with Crippen molar-refractivity contribution in [2.45, 2.75) is 6.82 Å². The monoisotopic (exact) mass is 183 g/mol. The molecule has 0 saturated heterocycles. The summed E-state index contributed by atoms with van der Waals surface area (Å²) in [6.45, 7) is 1.77. The van der Waals surface area contributed by atoms with Gasteiger partial charge >= 0.3 is 5.69 Å². The van der Waals surface area contributed by atoms with E-state index in [-0.39, 0.29) is 10.8 Å². The molecule has 0 atom stereocenters. The summed E-state index contributed by atoms with van der Waals surface area (Å²) in [6.07, 6.45) is 1.48. The zero-order valence-corrected chi connectivity index (χ0v) is 7.08. The molecule has 0 spiro atoms. The molecule has 0 aromatic carbocycles. The molecule has 12 heavy (non-hydrogen) atoms. The molecule has 1 aromatic heterocycles. The van der Waals surface area contributed by atoms with Crippen molar-refractivity contribution in [3.8, 4) is 0 Å². The quantitative estimate of drug-likeness (QED) is 0.298. The first-order valence-electron chi connectivity index (χ1n) is 3.24. The molecule has 61 valence electrons. The highest BCUT2D eigenvalue weighted by molar-refractivity contribution is 6.52. The van der Waals surface area contributed by atoms with Crippen LogP contribution < -0.4 is 5.46 Å². The first-order valence-corrected chi connectivity index (χ1v) is 3.62. The van der Waals surface area contributed by atoms with Gasteiger partial charge in [0.2, 0.25) is 5.15 Å². The Labute approximate surface area is 75.0 Å². The van der Waals surface area contributed by atoms with E-state index in [2.05, 4.69) is 4.98 Å². The summed E-state index contributed by atoms with van der Waals surface area (Å²) in [4.78, 5) is 13.5. The van der Waals surface area contributed by atoms with E-state index in [1.807, 2.05) is 0 Å². The van der Waals surface area contributed by atoms with Crippen LogP contribution in [0.2, 0.25) is 12.0 Å². The van der Waals surface area contributed by atoms with Crippen LogP contribution in [0, 0.1) is 10.1 Å². The number of nitro groups is 1. The summed E-state index contributed by atoms with van der Waals surface area (Å²) < 4.78 is 0. The van der Waals surface area contributed by atoms with Gasteiger partial charge < -0.3 is 0 Å². The Morgan fingerprint density at radius 2 is 2.42 bits per heavy atom. The number of hydrogen-bond donors (Lipinski definition) is 0. The SMILES string of the molecule is C[B]c1cnc(Cl)c([N+](=O)[O-])c1. The van der Waals surface area contributed by atoms with Crippen LogP contribution in [-0.4, -0.2) is 17.2 Å². The van der Waals surface area contributed by atoms with Gasteiger partial charge in [-0.05, 0) is 0 Å². The second-order valence-corrected chi connectivity index (χ2v) is 2.48. The second kappa shape index (κ2) is 3.54. The predicted molar refractivity (Wildman–Crippen MR) is 47.2 cm³/mol. The van der Waals surface area contributed by atoms with E-state index in [1.165, 1.54) is 12.3 Å². The van der Waals surface area contributed by atoms with Crippen LogP contribution in [-0.2, 0) is 0 Å². The molecule has 0 unspecified atom stereocenters. The molecule has 1 heterocycles. The molecular formula is C6H5BClN2O2. The van der Waals surface area contributed by atoms with Crippen molar-refractivity contribution >= 4 is 30.0 Å². The minimum absolute atomic E-state index is 0.0781. The Bertz CT molecular complexity index is 318. The van der Waals surface area contributed by atoms with Crippen LogP contribution in [0.5, 0.6) is 0 Å². The fourth-order valence-corrected chi connectivity index (χ4v) is 0.910. The van der Waals surface area contributed by atoms with E-state index in [9.17, 15) is 10.1 Å². The summed E-state index contributed by atoms with van der Waals surface area (Å²) in [5.41, 5.74) is 0.526. The van der Waals surface area contributed by atoms with Crippen molar-refractivity contribution in [1.82, 2.24) is 4.98 Å². The van der Waals surface area contributed by atoms with E-state index in [0.29, 0.717) is 5.46 Å². The lowest BCUT2D eigenvalue weighted by Gasteiger charge is -1.96. The van der Waals surface area contributed by atoms with E-state index >= 15 is 0 Å². The Morgan fingerprint density at radius 3 is 2.92 bits per heavy atom. The highest BCUT2D eigenvalue weighted by atomic mass is 35.5. The lowest BCUT2D eigenvalue weighted by Crippen LogP contribution is -2.12. The molecule has 4 nitrogen and oxygen atoms in total. The van der Waals surface area contributed by atoms with E-state index in [4.69, 9.17) is 11.6 Å². The average molecular weight is 183 g/mol. The Kier molecular flexibility index (Phi) is 2.65. The van der Waals surface area contributed by atoms with E-state index in [0.717, 1.165) is 0 Å². The van der Waals surface area contributed by atoms with Gasteiger partial charge in [0.15, 0.2) is 7.28 Å². The molecule has 6 heteroatoms. The molecule has 0 fully saturated rings. The fourth-order valence-electron chi connectivity index (χ4n) is 0.738. The molecule has 0 aliphatic rings. The van der Waals surface area contributed by atoms with Gasteiger partial charge in [0.25, 0.3) is 0 Å². The molecule has 0 aliphatic carbocycles. The van der Waals surface area contributed by atoms with E-state index < -0.39 is 4.92 Å². The Morgan fingerprint density at radius 1 is 1.75 bits per heavy atom. The van der Waals surface area contributed by atoms with Crippen LogP contribution in [0.25, 0.3) is 0 Å². The molecule has 0 amide bonds. The first kappa shape index (κ1) is 9.00. The van der Waals surface area contributed by atoms with Crippen molar-refractivity contribution in [2.75, 3.05) is 0 Å². The third kappa shape index (κ3) is 1.74. The van der Waals surface area contributed by atoms with Crippen LogP contribution in [0.15, 0.2) is 12.3 Å². The van der Waals surface area contributed by atoms with Gasteiger partial charge in [-0.3, -0.25) is 10.1 Å². The van der Waals surface area contributed by atoms with Gasteiger partial charge in [-0.25, -0.2) is 4.98 Å². The van der Waals surface area contributed by atoms with Crippen molar-refractivity contribution in [3.05, 3.63) is 27.5 Å². The van der Waals surface area contributed by atoms with Gasteiger partial charge in [-0.2, -0.15) is 0 Å². The lowest BCUT2D eigenvalue weighted by molar-refractivity contribution is -0.384. The number of aromatic nitrogens is 1. The summed E-state index contributed by atoms with van der Waals surface area (Å²) in [5, 5.41) is 10.3. The minimum atomic E-state index is -0.553. The maximum atomic E-state index is 10.4. The molecule has 1 radical (unpaired) electrons. The average Bonchev–Trinajstić information content (AvgIpc) is 2.05. The zero-order chi connectivity index (χ0) is 9.14. The molecule has 1 aromatic rings. The summed E-state index contributed by atoms with van der Waals surface area (Å²) in [5.74, 6) is 0. The highest BCUT2D eigenvalue weighted by Crippen LogP contribution is 2.18. The van der Waals surface area contributed by atoms with Crippen LogP contribution in [0.3, 0.4) is 0 Å². The normalized spacial score (nSPS) is 9.50. The lowest BCUT2D eigenvalue weighted by atomic mass is 9.74. The summed E-state index contributed by atoms with van der Waals surface area (Å²) >= 11 is 5.48. The van der Waals surface area contributed by atoms with Crippen LogP contribution in [0.1, 0.15) is 0 Å². The van der Waals surface area contributed by atoms with Gasteiger partial charge in [-0.1, -0.05) is 23.9 Å². The Hall–Kier alpha value is -1.10. The molecule has 0 saturated carbocycles. The van der Waals surface area contributed by atoms with Crippen molar-refractivity contribution < 1.29 is 4.92 Å². The summed E-state index contributed by atoms with van der Waals surface area (Å²) in [6, 6.07) is 1.38.